The molecule has 0 aromatic carbocycles. The first-order valence-corrected chi connectivity index (χ1v) is 7.62. The molecule has 0 aliphatic heterocycles. The Hall–Kier alpha value is -0.520. The van der Waals surface area contributed by atoms with Crippen LogP contribution in [0.4, 0.5) is 0 Å². The van der Waals surface area contributed by atoms with Crippen LogP contribution in [-0.2, 0) is 15.9 Å². The Morgan fingerprint density at radius 2 is 2.12 bits per heavy atom. The van der Waals surface area contributed by atoms with Crippen molar-refractivity contribution >= 4 is 21.6 Å². The summed E-state index contributed by atoms with van der Waals surface area (Å²) < 4.78 is 26.1. The van der Waals surface area contributed by atoms with Crippen molar-refractivity contribution in [3.63, 3.8) is 0 Å². The number of H-pyrrole nitrogens is 1. The van der Waals surface area contributed by atoms with Gasteiger partial charge in [-0.2, -0.15) is 4.31 Å². The normalized spacial score (nSPS) is 12.6. The first kappa shape index (κ1) is 14.5. The minimum Gasteiger partial charge on any atom is -0.363 e. The van der Waals surface area contributed by atoms with E-state index in [-0.39, 0.29) is 10.8 Å². The molecule has 1 aromatic heterocycles. The molecular formula is C11H19ClN2O2S. The van der Waals surface area contributed by atoms with E-state index in [1.165, 1.54) is 10.5 Å². The van der Waals surface area contributed by atoms with E-state index in [1.54, 1.807) is 6.07 Å². The molecule has 0 radical (unpaired) electrons. The zero-order valence-electron chi connectivity index (χ0n) is 10.4. The summed E-state index contributed by atoms with van der Waals surface area (Å²) in [4.78, 5) is 3.14. The lowest BCUT2D eigenvalue weighted by Crippen LogP contribution is -2.33. The van der Waals surface area contributed by atoms with Crippen LogP contribution in [0, 0.1) is 5.92 Å². The van der Waals surface area contributed by atoms with E-state index >= 15 is 0 Å². The Balaban J connectivity index is 2.99. The van der Waals surface area contributed by atoms with Crippen molar-refractivity contribution < 1.29 is 8.42 Å². The van der Waals surface area contributed by atoms with Gasteiger partial charge in [-0.15, -0.1) is 11.6 Å². The molecule has 1 aromatic rings. The maximum Gasteiger partial charge on any atom is 0.244 e. The minimum absolute atomic E-state index is 0.284. The molecule has 6 heteroatoms. The molecule has 0 saturated carbocycles. The van der Waals surface area contributed by atoms with E-state index in [0.29, 0.717) is 24.7 Å². The predicted molar refractivity (Wildman–Crippen MR) is 69.6 cm³/mol. The number of nitrogens with zero attached hydrogens (tertiary/aromatic N) is 1. The smallest absolute Gasteiger partial charge is 0.244 e. The van der Waals surface area contributed by atoms with Crippen molar-refractivity contribution in [3.8, 4) is 0 Å². The molecule has 0 atom stereocenters. The van der Waals surface area contributed by atoms with Crippen LogP contribution in [0.5, 0.6) is 0 Å². The average molecular weight is 279 g/mol. The van der Waals surface area contributed by atoms with Crippen LogP contribution in [0.25, 0.3) is 0 Å². The van der Waals surface area contributed by atoms with Crippen molar-refractivity contribution in [2.45, 2.75) is 31.5 Å². The maximum absolute atomic E-state index is 12.3. The average Bonchev–Trinajstić information content (AvgIpc) is 2.74. The molecule has 0 amide bonds. The predicted octanol–water partition coefficient (Wildman–Crippen LogP) is 2.42. The van der Waals surface area contributed by atoms with Crippen LogP contribution in [0.2, 0.25) is 0 Å². The van der Waals surface area contributed by atoms with Gasteiger partial charge in [-0.3, -0.25) is 0 Å². The second-order valence-electron chi connectivity index (χ2n) is 4.34. The van der Waals surface area contributed by atoms with Gasteiger partial charge in [0.05, 0.1) is 10.8 Å². The number of aromatic nitrogens is 1. The number of hydrogen-bond donors (Lipinski definition) is 1. The first-order valence-electron chi connectivity index (χ1n) is 5.65. The highest BCUT2D eigenvalue weighted by atomic mass is 35.5. The van der Waals surface area contributed by atoms with Crippen molar-refractivity contribution in [3.05, 3.63) is 18.0 Å². The fourth-order valence-electron chi connectivity index (χ4n) is 1.60. The summed E-state index contributed by atoms with van der Waals surface area (Å²) in [6.45, 7) is 6.84. The van der Waals surface area contributed by atoms with Crippen LogP contribution >= 0.6 is 11.6 Å². The van der Waals surface area contributed by atoms with Gasteiger partial charge in [0.15, 0.2) is 0 Å². The van der Waals surface area contributed by atoms with Crippen LogP contribution in [0.1, 0.15) is 26.5 Å². The number of nitrogens with one attached hydrogen (secondary N) is 1. The van der Waals surface area contributed by atoms with Gasteiger partial charge in [0.2, 0.25) is 10.0 Å². The van der Waals surface area contributed by atoms with Gasteiger partial charge in [-0.25, -0.2) is 8.42 Å². The monoisotopic (exact) mass is 278 g/mol. The highest BCUT2D eigenvalue weighted by Crippen LogP contribution is 2.18. The molecule has 1 N–H and O–H groups in total. The lowest BCUT2D eigenvalue weighted by Gasteiger charge is -2.21. The van der Waals surface area contributed by atoms with Gasteiger partial charge >= 0.3 is 0 Å². The minimum atomic E-state index is -3.39. The molecule has 98 valence electrons. The lowest BCUT2D eigenvalue weighted by atomic mass is 10.2. The topological polar surface area (TPSA) is 53.2 Å². The van der Waals surface area contributed by atoms with Gasteiger partial charge < -0.3 is 4.98 Å². The van der Waals surface area contributed by atoms with Crippen molar-refractivity contribution in [1.29, 1.82) is 0 Å². The molecule has 1 rings (SSSR count). The molecule has 0 aliphatic rings. The van der Waals surface area contributed by atoms with E-state index < -0.39 is 10.0 Å². The largest absolute Gasteiger partial charge is 0.363 e. The quantitative estimate of drug-likeness (QED) is 0.813. The number of hydrogen-bond acceptors (Lipinski definition) is 2. The molecule has 17 heavy (non-hydrogen) atoms. The third-order valence-corrected chi connectivity index (χ3v) is 4.63. The fraction of sp³-hybridized carbons (Fsp3) is 0.636. The summed E-state index contributed by atoms with van der Waals surface area (Å²) in [5, 5.41) is 0. The number of halogens is 1. The second kappa shape index (κ2) is 5.89. The highest BCUT2D eigenvalue weighted by molar-refractivity contribution is 7.89. The van der Waals surface area contributed by atoms with E-state index in [4.69, 9.17) is 11.6 Å². The summed E-state index contributed by atoms with van der Waals surface area (Å²) in [7, 11) is -3.39. The van der Waals surface area contributed by atoms with Gasteiger partial charge in [0, 0.05) is 25.0 Å². The Morgan fingerprint density at radius 1 is 1.47 bits per heavy atom. The van der Waals surface area contributed by atoms with Gasteiger partial charge in [0.1, 0.15) is 0 Å². The third-order valence-electron chi connectivity index (χ3n) is 2.42. The van der Waals surface area contributed by atoms with Crippen LogP contribution in [0.15, 0.2) is 17.2 Å². The number of rotatable bonds is 6. The Bertz CT molecular complexity index is 454. The summed E-state index contributed by atoms with van der Waals surface area (Å²) in [5.74, 6) is 0.586. The molecule has 0 saturated heterocycles. The number of alkyl halides is 1. The molecule has 0 spiro atoms. The molecule has 0 aliphatic carbocycles. The summed E-state index contributed by atoms with van der Waals surface area (Å²) in [5.41, 5.74) is 0.714. The fourth-order valence-corrected chi connectivity index (χ4v) is 3.38. The molecule has 4 nitrogen and oxygen atoms in total. The molecular weight excluding hydrogens is 260 g/mol. The summed E-state index contributed by atoms with van der Waals surface area (Å²) >= 11 is 5.65. The molecule has 0 bridgehead atoms. The Kier molecular flexibility index (Phi) is 5.04. The van der Waals surface area contributed by atoms with E-state index in [9.17, 15) is 8.42 Å². The Labute approximate surface area is 108 Å². The van der Waals surface area contributed by atoms with Crippen LogP contribution < -0.4 is 0 Å². The zero-order chi connectivity index (χ0) is 13.1. The van der Waals surface area contributed by atoms with Gasteiger partial charge in [0.25, 0.3) is 0 Å². The van der Waals surface area contributed by atoms with Crippen LogP contribution in [-0.4, -0.2) is 30.8 Å². The lowest BCUT2D eigenvalue weighted by molar-refractivity contribution is 0.381. The van der Waals surface area contributed by atoms with Crippen LogP contribution in [0.3, 0.4) is 0 Å². The third kappa shape index (κ3) is 3.47. The van der Waals surface area contributed by atoms with Crippen molar-refractivity contribution in [1.82, 2.24) is 9.29 Å². The molecule has 0 fully saturated rings. The zero-order valence-corrected chi connectivity index (χ0v) is 12.0. The SMILES string of the molecule is CCN(CC(C)C)S(=O)(=O)c1c[nH]c(CCl)c1. The van der Waals surface area contributed by atoms with E-state index in [2.05, 4.69) is 4.98 Å². The maximum atomic E-state index is 12.3. The summed E-state index contributed by atoms with van der Waals surface area (Å²) in [6, 6.07) is 1.59. The van der Waals surface area contributed by atoms with Gasteiger partial charge in [-0.1, -0.05) is 20.8 Å². The second-order valence-corrected chi connectivity index (χ2v) is 6.55. The highest BCUT2D eigenvalue weighted by Gasteiger charge is 2.24. The molecule has 0 unspecified atom stereocenters. The number of aromatic amines is 1. The van der Waals surface area contributed by atoms with Gasteiger partial charge in [-0.05, 0) is 12.0 Å². The van der Waals surface area contributed by atoms with E-state index in [0.717, 1.165) is 0 Å². The van der Waals surface area contributed by atoms with Crippen molar-refractivity contribution in [2.24, 2.45) is 5.92 Å². The standard InChI is InChI=1S/C11H19ClN2O2S/c1-4-14(8-9(2)3)17(15,16)11-5-10(6-12)13-7-11/h5,7,9,13H,4,6,8H2,1-3H3. The molecule has 1 heterocycles. The van der Waals surface area contributed by atoms with E-state index in [1.807, 2.05) is 20.8 Å². The summed E-state index contributed by atoms with van der Waals surface area (Å²) in [6.07, 6.45) is 1.50. The Morgan fingerprint density at radius 3 is 2.53 bits per heavy atom. The van der Waals surface area contributed by atoms with Crippen molar-refractivity contribution in [2.75, 3.05) is 13.1 Å². The first-order chi connectivity index (χ1) is 7.91. The number of sulfonamides is 1.